The summed E-state index contributed by atoms with van der Waals surface area (Å²) in [5.41, 5.74) is -0.0960. The molecule has 0 atom stereocenters. The first-order valence-corrected chi connectivity index (χ1v) is 7.55. The van der Waals surface area contributed by atoms with Crippen molar-refractivity contribution in [1.82, 2.24) is 0 Å². The van der Waals surface area contributed by atoms with Gasteiger partial charge in [-0.15, -0.1) is 0 Å². The lowest BCUT2D eigenvalue weighted by molar-refractivity contribution is -0.385. The first kappa shape index (κ1) is 17.3. The number of benzene rings is 2. The van der Waals surface area contributed by atoms with Crippen molar-refractivity contribution in [2.45, 2.75) is 0 Å². The fourth-order valence-electron chi connectivity index (χ4n) is 2.64. The van der Waals surface area contributed by atoms with Crippen LogP contribution in [0.5, 0.6) is 23.0 Å². The molecule has 0 aromatic heterocycles. The summed E-state index contributed by atoms with van der Waals surface area (Å²) >= 11 is 0. The minimum Gasteiger partial charge on any atom is -0.497 e. The van der Waals surface area contributed by atoms with E-state index in [1.807, 2.05) is 0 Å². The lowest BCUT2D eigenvalue weighted by Crippen LogP contribution is -2.27. The molecule has 0 unspecified atom stereocenters. The maximum Gasteiger partial charge on any atom is 0.289 e. The van der Waals surface area contributed by atoms with Crippen molar-refractivity contribution in [2.24, 2.45) is 0 Å². The number of nitro groups is 1. The van der Waals surface area contributed by atoms with E-state index in [0.717, 1.165) is 0 Å². The van der Waals surface area contributed by atoms with E-state index in [9.17, 15) is 14.9 Å². The summed E-state index contributed by atoms with van der Waals surface area (Å²) in [6.45, 7) is -0.102. The Morgan fingerprint density at radius 1 is 1.19 bits per heavy atom. The minimum absolute atomic E-state index is 0.0305. The number of nitro benzene ring substituents is 1. The first-order chi connectivity index (χ1) is 12.5. The van der Waals surface area contributed by atoms with Crippen molar-refractivity contribution in [1.29, 1.82) is 0 Å². The van der Waals surface area contributed by atoms with Crippen molar-refractivity contribution < 1.29 is 28.7 Å². The summed E-state index contributed by atoms with van der Waals surface area (Å²) in [6, 6.07) is 7.87. The number of amides is 1. The van der Waals surface area contributed by atoms with Gasteiger partial charge in [0, 0.05) is 12.7 Å². The second-order valence-electron chi connectivity index (χ2n) is 5.36. The van der Waals surface area contributed by atoms with E-state index in [0.29, 0.717) is 11.4 Å². The van der Waals surface area contributed by atoms with Crippen molar-refractivity contribution in [2.75, 3.05) is 33.0 Å². The van der Waals surface area contributed by atoms with E-state index >= 15 is 0 Å². The number of hydrogen-bond donors (Lipinski definition) is 0. The lowest BCUT2D eigenvalue weighted by atomic mass is 10.1. The summed E-state index contributed by atoms with van der Waals surface area (Å²) in [4.78, 5) is 25.2. The largest absolute Gasteiger partial charge is 0.497 e. The Labute approximate surface area is 148 Å². The summed E-state index contributed by atoms with van der Waals surface area (Å²) in [5.74, 6) is 0.317. The van der Waals surface area contributed by atoms with Gasteiger partial charge in [0.05, 0.1) is 25.2 Å². The molecule has 2 aromatic rings. The normalized spacial score (nSPS) is 11.8. The Morgan fingerprint density at radius 2 is 1.88 bits per heavy atom. The topological polar surface area (TPSA) is 100 Å². The lowest BCUT2D eigenvalue weighted by Gasteiger charge is -2.19. The monoisotopic (exact) mass is 360 g/mol. The van der Waals surface area contributed by atoms with Crippen molar-refractivity contribution in [3.8, 4) is 23.0 Å². The maximum atomic E-state index is 13.0. The van der Waals surface area contributed by atoms with Gasteiger partial charge in [0.25, 0.3) is 11.6 Å². The molecule has 9 nitrogen and oxygen atoms in total. The van der Waals surface area contributed by atoms with Gasteiger partial charge in [0.1, 0.15) is 5.75 Å². The Morgan fingerprint density at radius 3 is 2.46 bits per heavy atom. The average Bonchev–Trinajstić information content (AvgIpc) is 3.13. The molecule has 2 aromatic carbocycles. The number of rotatable bonds is 5. The molecule has 0 saturated carbocycles. The number of ether oxygens (including phenoxy) is 4. The molecule has 0 N–H and O–H groups in total. The maximum absolute atomic E-state index is 13.0. The molecule has 1 amide bonds. The van der Waals surface area contributed by atoms with Crippen LogP contribution in [0.4, 0.5) is 11.4 Å². The Bertz CT molecular complexity index is 864. The van der Waals surface area contributed by atoms with E-state index in [4.69, 9.17) is 18.9 Å². The second kappa shape index (κ2) is 6.79. The standard InChI is InChI=1S/C17H16N2O7/c1-18(10-4-6-11(23-2)7-5-10)17(20)14-12(19(21)22)8-13-15(16(14)24-3)26-9-25-13/h4-8H,9H2,1-3H3. The van der Waals surface area contributed by atoms with Gasteiger partial charge in [-0.3, -0.25) is 14.9 Å². The Balaban J connectivity index is 2.09. The highest BCUT2D eigenvalue weighted by atomic mass is 16.7. The SMILES string of the molecule is COc1ccc(N(C)C(=O)c2c([N+](=O)[O-])cc3c(c2OC)OCO3)cc1. The number of anilines is 1. The number of fused-ring (bicyclic) bond motifs is 1. The number of nitrogens with zero attached hydrogens (tertiary/aromatic N) is 2. The third-order valence-electron chi connectivity index (χ3n) is 3.98. The van der Waals surface area contributed by atoms with Gasteiger partial charge in [-0.05, 0) is 24.3 Å². The molecule has 9 heteroatoms. The molecule has 0 radical (unpaired) electrons. The third kappa shape index (κ3) is 2.83. The molecule has 0 bridgehead atoms. The zero-order valence-electron chi connectivity index (χ0n) is 14.3. The molecule has 0 fully saturated rings. The molecular formula is C17H16N2O7. The molecule has 3 rings (SSSR count). The smallest absolute Gasteiger partial charge is 0.289 e. The molecule has 0 aliphatic carbocycles. The van der Waals surface area contributed by atoms with Gasteiger partial charge in [0.2, 0.25) is 12.5 Å². The van der Waals surface area contributed by atoms with Crippen molar-refractivity contribution >= 4 is 17.3 Å². The van der Waals surface area contributed by atoms with E-state index < -0.39 is 16.5 Å². The van der Waals surface area contributed by atoms with E-state index in [2.05, 4.69) is 0 Å². The van der Waals surface area contributed by atoms with Crippen molar-refractivity contribution in [3.05, 3.63) is 46.0 Å². The van der Waals surface area contributed by atoms with Gasteiger partial charge >= 0.3 is 0 Å². The second-order valence-corrected chi connectivity index (χ2v) is 5.36. The van der Waals surface area contributed by atoms with Gasteiger partial charge in [-0.1, -0.05) is 0 Å². The Kier molecular flexibility index (Phi) is 4.53. The van der Waals surface area contributed by atoms with Gasteiger partial charge < -0.3 is 23.8 Å². The first-order valence-electron chi connectivity index (χ1n) is 7.55. The Hall–Kier alpha value is -3.49. The van der Waals surface area contributed by atoms with Crippen molar-refractivity contribution in [3.63, 3.8) is 0 Å². The van der Waals surface area contributed by atoms with Gasteiger partial charge in [-0.25, -0.2) is 0 Å². The highest BCUT2D eigenvalue weighted by Crippen LogP contribution is 2.48. The molecule has 0 spiro atoms. The predicted molar refractivity (Wildman–Crippen MR) is 91.5 cm³/mol. The van der Waals surface area contributed by atoms with Crippen LogP contribution >= 0.6 is 0 Å². The van der Waals surface area contributed by atoms with Crippen LogP contribution in [0.25, 0.3) is 0 Å². The highest BCUT2D eigenvalue weighted by Gasteiger charge is 2.35. The zero-order valence-corrected chi connectivity index (χ0v) is 14.3. The van der Waals surface area contributed by atoms with Gasteiger partial charge in [-0.2, -0.15) is 0 Å². The number of methoxy groups -OCH3 is 2. The molecular weight excluding hydrogens is 344 g/mol. The van der Waals surface area contributed by atoms with Crippen LogP contribution in [-0.4, -0.2) is 38.9 Å². The van der Waals surface area contributed by atoms with Crippen LogP contribution in [0.1, 0.15) is 10.4 Å². The average molecular weight is 360 g/mol. The fourth-order valence-corrected chi connectivity index (χ4v) is 2.64. The molecule has 1 aliphatic rings. The van der Waals surface area contributed by atoms with Crippen LogP contribution in [-0.2, 0) is 0 Å². The summed E-state index contributed by atoms with van der Waals surface area (Å²) < 4.78 is 20.8. The van der Waals surface area contributed by atoms with Crippen LogP contribution in [0.2, 0.25) is 0 Å². The number of hydrogen-bond acceptors (Lipinski definition) is 7. The predicted octanol–water partition coefficient (Wildman–Crippen LogP) is 2.62. The fraction of sp³-hybridized carbons (Fsp3) is 0.235. The van der Waals surface area contributed by atoms with Gasteiger partial charge in [0.15, 0.2) is 17.1 Å². The molecule has 0 saturated heterocycles. The van der Waals surface area contributed by atoms with Crippen LogP contribution in [0, 0.1) is 10.1 Å². The van der Waals surface area contributed by atoms with Crippen LogP contribution in [0.15, 0.2) is 30.3 Å². The van der Waals surface area contributed by atoms with Crippen LogP contribution < -0.4 is 23.8 Å². The summed E-state index contributed by atoms with van der Waals surface area (Å²) in [6.07, 6.45) is 0. The quantitative estimate of drug-likeness (QED) is 0.597. The molecule has 26 heavy (non-hydrogen) atoms. The molecule has 1 aliphatic heterocycles. The molecule has 136 valence electrons. The summed E-state index contributed by atoms with van der Waals surface area (Å²) in [5, 5.41) is 11.5. The zero-order chi connectivity index (χ0) is 18.8. The minimum atomic E-state index is -0.653. The van der Waals surface area contributed by atoms with E-state index in [1.54, 1.807) is 24.3 Å². The summed E-state index contributed by atoms with van der Waals surface area (Å²) in [7, 11) is 4.35. The van der Waals surface area contributed by atoms with Crippen LogP contribution in [0.3, 0.4) is 0 Å². The molecule has 1 heterocycles. The van der Waals surface area contributed by atoms with E-state index in [1.165, 1.54) is 32.2 Å². The third-order valence-corrected chi connectivity index (χ3v) is 3.98. The van der Waals surface area contributed by atoms with E-state index in [-0.39, 0.29) is 29.6 Å². The highest BCUT2D eigenvalue weighted by molar-refractivity contribution is 6.11. The number of carbonyl (C=O) groups is 1. The number of carbonyl (C=O) groups excluding carboxylic acids is 1.